The highest BCUT2D eigenvalue weighted by atomic mass is 16.6. The van der Waals surface area contributed by atoms with Crippen LogP contribution in [-0.4, -0.2) is 21.6 Å². The summed E-state index contributed by atoms with van der Waals surface area (Å²) in [5.74, 6) is -0.489. The third kappa shape index (κ3) is 3.63. The van der Waals surface area contributed by atoms with Crippen LogP contribution in [0.15, 0.2) is 52.5 Å². The molecule has 0 bridgehead atoms. The summed E-state index contributed by atoms with van der Waals surface area (Å²) < 4.78 is 1.28. The summed E-state index contributed by atoms with van der Waals surface area (Å²) in [5, 5.41) is 14.4. The average Bonchev–Trinajstić information content (AvgIpc) is 2.50. The van der Waals surface area contributed by atoms with Crippen LogP contribution in [0.5, 0.6) is 0 Å². The second-order valence-corrected chi connectivity index (χ2v) is 4.42. The number of carbonyl (C=O) groups is 1. The van der Waals surface area contributed by atoms with E-state index in [0.717, 1.165) is 0 Å². The maximum Gasteiger partial charge on any atom is 0.272 e. The van der Waals surface area contributed by atoms with Gasteiger partial charge in [-0.2, -0.15) is 5.10 Å². The lowest BCUT2D eigenvalue weighted by Crippen LogP contribution is -2.22. The zero-order chi connectivity index (χ0) is 16.1. The van der Waals surface area contributed by atoms with Gasteiger partial charge in [-0.05, 0) is 6.07 Å². The second-order valence-electron chi connectivity index (χ2n) is 4.42. The lowest BCUT2D eigenvalue weighted by molar-refractivity contribution is -0.384. The Morgan fingerprint density at radius 2 is 2.14 bits per heavy atom. The number of non-ortho nitro benzene ring substituents is 1. The minimum atomic E-state index is -0.513. The van der Waals surface area contributed by atoms with Gasteiger partial charge in [-0.15, -0.1) is 0 Å². The number of pyridine rings is 1. The molecular formula is C14H12N4O4. The molecule has 2 rings (SSSR count). The number of hydrogen-bond donors (Lipinski definition) is 1. The predicted octanol–water partition coefficient (Wildman–Crippen LogP) is 1.06. The van der Waals surface area contributed by atoms with E-state index in [-0.39, 0.29) is 16.8 Å². The van der Waals surface area contributed by atoms with Gasteiger partial charge in [-0.25, -0.2) is 5.43 Å². The molecule has 8 heteroatoms. The highest BCUT2D eigenvalue weighted by Crippen LogP contribution is 2.11. The Bertz CT molecular complexity index is 810. The number of hydrazone groups is 1. The molecule has 0 saturated heterocycles. The fourth-order valence-corrected chi connectivity index (χ4v) is 1.68. The maximum absolute atomic E-state index is 11.8. The summed E-state index contributed by atoms with van der Waals surface area (Å²) in [4.78, 5) is 33.2. The van der Waals surface area contributed by atoms with Crippen LogP contribution in [-0.2, 0) is 7.05 Å². The first-order valence-electron chi connectivity index (χ1n) is 6.22. The molecule has 1 aromatic heterocycles. The Balaban J connectivity index is 2.07. The monoisotopic (exact) mass is 300 g/mol. The number of nitrogens with zero attached hydrogens (tertiary/aromatic N) is 3. The van der Waals surface area contributed by atoms with Crippen molar-refractivity contribution in [3.8, 4) is 0 Å². The number of nitro benzene ring substituents is 1. The number of benzene rings is 1. The van der Waals surface area contributed by atoms with Crippen molar-refractivity contribution in [2.75, 3.05) is 0 Å². The zero-order valence-corrected chi connectivity index (χ0v) is 11.6. The fourth-order valence-electron chi connectivity index (χ4n) is 1.68. The van der Waals surface area contributed by atoms with E-state index in [2.05, 4.69) is 10.5 Å². The predicted molar refractivity (Wildman–Crippen MR) is 79.8 cm³/mol. The first kappa shape index (κ1) is 15.1. The molecule has 0 atom stereocenters. The highest BCUT2D eigenvalue weighted by molar-refractivity contribution is 5.94. The second kappa shape index (κ2) is 6.44. The van der Waals surface area contributed by atoms with Gasteiger partial charge in [0, 0.05) is 37.0 Å². The minimum absolute atomic E-state index is 0.0617. The normalized spacial score (nSPS) is 10.6. The molecule has 0 unspecified atom stereocenters. The van der Waals surface area contributed by atoms with Crippen LogP contribution >= 0.6 is 0 Å². The Kier molecular flexibility index (Phi) is 4.42. The van der Waals surface area contributed by atoms with Gasteiger partial charge in [-0.3, -0.25) is 19.7 Å². The number of carbonyl (C=O) groups excluding carboxylic acids is 1. The van der Waals surface area contributed by atoms with E-state index < -0.39 is 10.8 Å². The van der Waals surface area contributed by atoms with Crippen molar-refractivity contribution in [1.82, 2.24) is 9.99 Å². The molecule has 1 heterocycles. The van der Waals surface area contributed by atoms with Crippen molar-refractivity contribution in [3.63, 3.8) is 0 Å². The van der Waals surface area contributed by atoms with Crippen LogP contribution in [0.1, 0.15) is 15.9 Å². The molecule has 1 N–H and O–H groups in total. The largest absolute Gasteiger partial charge is 0.318 e. The molecule has 112 valence electrons. The van der Waals surface area contributed by atoms with E-state index in [9.17, 15) is 19.7 Å². The molecule has 22 heavy (non-hydrogen) atoms. The fraction of sp³-hybridized carbons (Fsp3) is 0.0714. The number of aryl methyl sites for hydroxylation is 1. The summed E-state index contributed by atoms with van der Waals surface area (Å²) in [6.45, 7) is 0. The summed E-state index contributed by atoms with van der Waals surface area (Å²) >= 11 is 0. The van der Waals surface area contributed by atoms with E-state index in [0.29, 0.717) is 5.56 Å². The van der Waals surface area contributed by atoms with Crippen LogP contribution < -0.4 is 11.0 Å². The van der Waals surface area contributed by atoms with Crippen LogP contribution in [0, 0.1) is 10.1 Å². The lowest BCUT2D eigenvalue weighted by atomic mass is 10.2. The van der Waals surface area contributed by atoms with Gasteiger partial charge in [0.05, 0.1) is 16.7 Å². The molecule has 0 fully saturated rings. The van der Waals surface area contributed by atoms with E-state index in [1.165, 1.54) is 54.4 Å². The van der Waals surface area contributed by atoms with Gasteiger partial charge in [0.2, 0.25) is 5.56 Å². The van der Waals surface area contributed by atoms with Crippen LogP contribution in [0.3, 0.4) is 0 Å². The molecule has 8 nitrogen and oxygen atoms in total. The Morgan fingerprint density at radius 1 is 1.36 bits per heavy atom. The maximum atomic E-state index is 11.8. The Hall–Kier alpha value is -3.29. The molecule has 0 saturated carbocycles. The number of rotatable bonds is 4. The minimum Gasteiger partial charge on any atom is -0.318 e. The van der Waals surface area contributed by atoms with Gasteiger partial charge in [0.25, 0.3) is 11.6 Å². The number of nitro groups is 1. The number of aromatic nitrogens is 1. The smallest absolute Gasteiger partial charge is 0.272 e. The summed E-state index contributed by atoms with van der Waals surface area (Å²) in [6, 6.07) is 8.51. The number of hydrogen-bond acceptors (Lipinski definition) is 5. The topological polar surface area (TPSA) is 107 Å². The first-order chi connectivity index (χ1) is 10.5. The summed E-state index contributed by atoms with van der Waals surface area (Å²) in [5.41, 5.74) is 2.76. The number of amides is 1. The molecule has 0 radical (unpaired) electrons. The SMILES string of the molecule is Cn1cc(C(=O)N/N=C\c2cccc([N+](=O)[O-])c2)ccc1=O. The van der Waals surface area contributed by atoms with Gasteiger partial charge < -0.3 is 4.57 Å². The molecule has 0 aliphatic carbocycles. The van der Waals surface area contributed by atoms with Gasteiger partial charge in [0.15, 0.2) is 0 Å². The van der Waals surface area contributed by atoms with Crippen LogP contribution in [0.25, 0.3) is 0 Å². The van der Waals surface area contributed by atoms with E-state index >= 15 is 0 Å². The average molecular weight is 300 g/mol. The quantitative estimate of drug-likeness (QED) is 0.517. The van der Waals surface area contributed by atoms with E-state index in [1.807, 2.05) is 0 Å². The van der Waals surface area contributed by atoms with Crippen molar-refractivity contribution in [3.05, 3.63) is 74.2 Å². The van der Waals surface area contributed by atoms with Crippen molar-refractivity contribution in [2.24, 2.45) is 12.1 Å². The van der Waals surface area contributed by atoms with Crippen molar-refractivity contribution < 1.29 is 9.72 Å². The van der Waals surface area contributed by atoms with E-state index in [1.54, 1.807) is 6.07 Å². The van der Waals surface area contributed by atoms with E-state index in [4.69, 9.17) is 0 Å². The zero-order valence-electron chi connectivity index (χ0n) is 11.6. The van der Waals surface area contributed by atoms with Gasteiger partial charge in [-0.1, -0.05) is 12.1 Å². The van der Waals surface area contributed by atoms with Crippen LogP contribution in [0.4, 0.5) is 5.69 Å². The molecule has 1 aromatic carbocycles. The van der Waals surface area contributed by atoms with Crippen molar-refractivity contribution in [2.45, 2.75) is 0 Å². The molecule has 0 aliphatic heterocycles. The van der Waals surface area contributed by atoms with Gasteiger partial charge in [0.1, 0.15) is 0 Å². The molecule has 0 spiro atoms. The number of nitrogens with one attached hydrogen (secondary N) is 1. The highest BCUT2D eigenvalue weighted by Gasteiger charge is 2.06. The molecule has 2 aromatic rings. The third-order valence-corrected chi connectivity index (χ3v) is 2.81. The molecule has 0 aliphatic rings. The molecular weight excluding hydrogens is 288 g/mol. The first-order valence-corrected chi connectivity index (χ1v) is 6.22. The lowest BCUT2D eigenvalue weighted by Gasteiger charge is -2.01. The Labute approximate surface area is 124 Å². The van der Waals surface area contributed by atoms with Crippen molar-refractivity contribution in [1.29, 1.82) is 0 Å². The van der Waals surface area contributed by atoms with Gasteiger partial charge >= 0.3 is 0 Å². The van der Waals surface area contributed by atoms with Crippen molar-refractivity contribution >= 4 is 17.8 Å². The third-order valence-electron chi connectivity index (χ3n) is 2.81. The standard InChI is InChI=1S/C14H12N4O4/c1-17-9-11(5-6-13(17)19)14(20)16-15-8-10-3-2-4-12(7-10)18(21)22/h2-9H,1H3,(H,16,20)/b15-8-. The summed E-state index contributed by atoms with van der Waals surface area (Å²) in [7, 11) is 1.53. The van der Waals surface area contributed by atoms with Crippen LogP contribution in [0.2, 0.25) is 0 Å². The summed E-state index contributed by atoms with van der Waals surface area (Å²) in [6.07, 6.45) is 2.69. The molecule has 1 amide bonds. The Morgan fingerprint density at radius 3 is 2.82 bits per heavy atom.